The number of aliphatic hydroxyl groups excluding tert-OH is 1. The van der Waals surface area contributed by atoms with Crippen LogP contribution in [0.15, 0.2) is 121 Å². The highest BCUT2D eigenvalue weighted by molar-refractivity contribution is 6.74. The lowest BCUT2D eigenvalue weighted by Crippen LogP contribution is -2.70. The lowest BCUT2D eigenvalue weighted by molar-refractivity contribution is -0.354. The molecular formula is C50H65NO12Si. The standard InChI is InChI=1S/C50H65NO12Si/c1-34(52)51-42-45(59-35(2)53)44(63-64(6,7)50(3,4)5)41(33-56-29-37-22-14-9-15-23-37)61-49(42)62-46-43(57-30-38-24-16-10-17-25-38)40(32-55-28-36-20-12-8-13-21-36)60-48(54)47(46)58-31-39-26-18-11-19-27-39/h8-27,40-49,54H,28-33H2,1-7H3,(H,51,52)/t40-,41-,42-,43+,44-,45-,46+,47-,48+,49+/m1/s1. The van der Waals surface area contributed by atoms with Gasteiger partial charge in [0.15, 0.2) is 27.0 Å². The van der Waals surface area contributed by atoms with Crippen molar-refractivity contribution in [3.8, 4) is 0 Å². The van der Waals surface area contributed by atoms with Gasteiger partial charge in [0.2, 0.25) is 5.91 Å². The van der Waals surface area contributed by atoms with Crippen LogP contribution in [0.1, 0.15) is 56.9 Å². The number of nitrogens with one attached hydrogen (secondary N) is 1. The van der Waals surface area contributed by atoms with Crippen LogP contribution in [0.4, 0.5) is 0 Å². The number of ether oxygens (including phenoxy) is 8. The number of amides is 1. The number of benzene rings is 4. The Bertz CT molecular complexity index is 2000. The van der Waals surface area contributed by atoms with Crippen LogP contribution < -0.4 is 5.32 Å². The maximum absolute atomic E-state index is 13.2. The summed E-state index contributed by atoms with van der Waals surface area (Å²) in [6.45, 7) is 14.1. The van der Waals surface area contributed by atoms with E-state index in [0.29, 0.717) is 0 Å². The summed E-state index contributed by atoms with van der Waals surface area (Å²) in [5, 5.41) is 14.6. The molecule has 10 atom stereocenters. The molecule has 2 heterocycles. The minimum absolute atomic E-state index is 0.0196. The van der Waals surface area contributed by atoms with Gasteiger partial charge in [-0.25, -0.2) is 0 Å². The molecule has 2 saturated heterocycles. The predicted molar refractivity (Wildman–Crippen MR) is 242 cm³/mol. The Labute approximate surface area is 378 Å². The van der Waals surface area contributed by atoms with E-state index in [4.69, 9.17) is 42.3 Å². The summed E-state index contributed by atoms with van der Waals surface area (Å²) < 4.78 is 59.4. The average molecular weight is 900 g/mol. The molecule has 64 heavy (non-hydrogen) atoms. The molecule has 0 saturated carbocycles. The van der Waals surface area contributed by atoms with Gasteiger partial charge >= 0.3 is 5.97 Å². The monoisotopic (exact) mass is 899 g/mol. The highest BCUT2D eigenvalue weighted by Crippen LogP contribution is 2.41. The van der Waals surface area contributed by atoms with Crippen molar-refractivity contribution in [1.29, 1.82) is 0 Å². The third kappa shape index (κ3) is 13.8. The fourth-order valence-corrected chi connectivity index (χ4v) is 8.84. The molecule has 2 fully saturated rings. The highest BCUT2D eigenvalue weighted by atomic mass is 28.4. The zero-order chi connectivity index (χ0) is 45.7. The van der Waals surface area contributed by atoms with E-state index in [9.17, 15) is 14.7 Å². The summed E-state index contributed by atoms with van der Waals surface area (Å²) in [4.78, 5) is 26.3. The number of hydrogen-bond donors (Lipinski definition) is 2. The summed E-state index contributed by atoms with van der Waals surface area (Å²) in [6, 6.07) is 37.6. The molecule has 4 aromatic carbocycles. The minimum Gasteiger partial charge on any atom is -0.457 e. The summed E-state index contributed by atoms with van der Waals surface area (Å²) >= 11 is 0. The molecule has 346 valence electrons. The molecule has 0 unspecified atom stereocenters. The Morgan fingerprint density at radius 1 is 0.609 bits per heavy atom. The van der Waals surface area contributed by atoms with Crippen molar-refractivity contribution >= 4 is 20.2 Å². The topological polar surface area (TPSA) is 149 Å². The van der Waals surface area contributed by atoms with E-state index in [1.807, 2.05) is 121 Å². The number of carbonyl (C=O) groups excluding carboxylic acids is 2. The van der Waals surface area contributed by atoms with Gasteiger partial charge in [0.25, 0.3) is 0 Å². The number of esters is 1. The van der Waals surface area contributed by atoms with Crippen molar-refractivity contribution < 1.29 is 57.0 Å². The molecular weight excluding hydrogens is 835 g/mol. The largest absolute Gasteiger partial charge is 0.457 e. The molecule has 0 aliphatic carbocycles. The van der Waals surface area contributed by atoms with Gasteiger partial charge in [-0.2, -0.15) is 0 Å². The van der Waals surface area contributed by atoms with Gasteiger partial charge in [0.05, 0.1) is 39.6 Å². The number of hydrogen-bond acceptors (Lipinski definition) is 12. The van der Waals surface area contributed by atoms with E-state index in [-0.39, 0.29) is 44.7 Å². The van der Waals surface area contributed by atoms with Crippen molar-refractivity contribution in [3.05, 3.63) is 144 Å². The smallest absolute Gasteiger partial charge is 0.303 e. The van der Waals surface area contributed by atoms with E-state index in [1.165, 1.54) is 13.8 Å². The third-order valence-corrected chi connectivity index (χ3v) is 16.3. The van der Waals surface area contributed by atoms with E-state index in [1.54, 1.807) is 0 Å². The molecule has 2 N–H and O–H groups in total. The number of carbonyl (C=O) groups is 2. The molecule has 0 aromatic heterocycles. The van der Waals surface area contributed by atoms with Gasteiger partial charge in [0.1, 0.15) is 42.7 Å². The maximum Gasteiger partial charge on any atom is 0.303 e. The van der Waals surface area contributed by atoms with Crippen LogP contribution in [0.25, 0.3) is 0 Å². The fraction of sp³-hybridized carbons (Fsp3) is 0.480. The number of rotatable bonds is 20. The van der Waals surface area contributed by atoms with Gasteiger partial charge in [-0.3, -0.25) is 9.59 Å². The number of aliphatic hydroxyl groups is 1. The van der Waals surface area contributed by atoms with E-state index < -0.39 is 81.5 Å². The molecule has 14 heteroatoms. The molecule has 0 radical (unpaired) electrons. The van der Waals surface area contributed by atoms with Crippen LogP contribution >= 0.6 is 0 Å². The zero-order valence-corrected chi connectivity index (χ0v) is 39.0. The van der Waals surface area contributed by atoms with Gasteiger partial charge in [-0.1, -0.05) is 142 Å². The van der Waals surface area contributed by atoms with Crippen LogP contribution in [0.2, 0.25) is 18.1 Å². The molecule has 0 bridgehead atoms. The molecule has 2 aliphatic heterocycles. The summed E-state index contributed by atoms with van der Waals surface area (Å²) in [5.74, 6) is -1.00. The Kier molecular flexibility index (Phi) is 17.8. The first-order valence-corrected chi connectivity index (χ1v) is 24.9. The van der Waals surface area contributed by atoms with Crippen molar-refractivity contribution in [2.75, 3.05) is 13.2 Å². The SMILES string of the molecule is CC(=O)N[C@H]1[C@H](O[C@@H]2[C@@H](OCc3ccccc3)[C@@H](O)O[C@H](COCc3ccccc3)[C@@H]2OCc2ccccc2)O[C@H](COCc2ccccc2)[C@@H](O[Si](C)(C)C(C)(C)C)[C@@H]1OC(C)=O. The molecule has 2 aliphatic rings. The Hall–Kier alpha value is -4.32. The van der Waals surface area contributed by atoms with Gasteiger partial charge in [0, 0.05) is 13.8 Å². The maximum atomic E-state index is 13.2. The second-order valence-electron chi connectivity index (χ2n) is 17.9. The summed E-state index contributed by atoms with van der Waals surface area (Å²) in [5.41, 5.74) is 3.65. The zero-order valence-electron chi connectivity index (χ0n) is 38.0. The molecule has 6 rings (SSSR count). The first kappa shape index (κ1) is 49.1. The second-order valence-corrected chi connectivity index (χ2v) is 22.6. The lowest BCUT2D eigenvalue weighted by Gasteiger charge is -2.51. The van der Waals surface area contributed by atoms with Crippen molar-refractivity contribution in [3.63, 3.8) is 0 Å². The van der Waals surface area contributed by atoms with Crippen molar-refractivity contribution in [2.24, 2.45) is 0 Å². The average Bonchev–Trinajstić information content (AvgIpc) is 3.26. The summed E-state index contributed by atoms with van der Waals surface area (Å²) in [6.07, 6.45) is -9.71. The van der Waals surface area contributed by atoms with Crippen LogP contribution in [-0.4, -0.2) is 99.9 Å². The Morgan fingerprint density at radius 3 is 1.48 bits per heavy atom. The Morgan fingerprint density at radius 2 is 1.05 bits per heavy atom. The van der Waals surface area contributed by atoms with Crippen LogP contribution in [0.3, 0.4) is 0 Å². The first-order valence-electron chi connectivity index (χ1n) is 22.0. The minimum atomic E-state index is -2.61. The van der Waals surface area contributed by atoms with Crippen LogP contribution in [-0.2, 0) is 78.3 Å². The Balaban J connectivity index is 1.40. The quantitative estimate of drug-likeness (QED) is 0.0680. The van der Waals surface area contributed by atoms with E-state index >= 15 is 0 Å². The van der Waals surface area contributed by atoms with Gasteiger partial charge in [-0.15, -0.1) is 0 Å². The second kappa shape index (κ2) is 23.2. The normalized spacial score (nSPS) is 26.2. The third-order valence-electron chi connectivity index (χ3n) is 11.8. The van der Waals surface area contributed by atoms with E-state index in [0.717, 1.165) is 22.3 Å². The van der Waals surface area contributed by atoms with Crippen molar-refractivity contribution in [2.45, 2.75) is 141 Å². The summed E-state index contributed by atoms with van der Waals surface area (Å²) in [7, 11) is -2.61. The molecule has 4 aromatic rings. The van der Waals surface area contributed by atoms with Crippen molar-refractivity contribution in [1.82, 2.24) is 5.32 Å². The van der Waals surface area contributed by atoms with Gasteiger partial charge in [-0.05, 0) is 40.4 Å². The first-order chi connectivity index (χ1) is 30.7. The molecule has 1 amide bonds. The van der Waals surface area contributed by atoms with Gasteiger partial charge < -0.3 is 52.7 Å². The fourth-order valence-electron chi connectivity index (χ4n) is 7.52. The molecule has 13 nitrogen and oxygen atoms in total. The van der Waals surface area contributed by atoms with Crippen LogP contribution in [0.5, 0.6) is 0 Å². The highest BCUT2D eigenvalue weighted by Gasteiger charge is 2.56. The van der Waals surface area contributed by atoms with Crippen LogP contribution in [0, 0.1) is 0 Å². The van der Waals surface area contributed by atoms with E-state index in [2.05, 4.69) is 39.2 Å². The predicted octanol–water partition coefficient (Wildman–Crippen LogP) is 7.24. The lowest BCUT2D eigenvalue weighted by atomic mass is 9.94. The molecule has 0 spiro atoms.